The zero-order valence-corrected chi connectivity index (χ0v) is 19.7. The lowest BCUT2D eigenvalue weighted by molar-refractivity contribution is 0.775. The predicted octanol–water partition coefficient (Wildman–Crippen LogP) is 3.76. The Morgan fingerprint density at radius 1 is 1.24 bits per heavy atom. The highest BCUT2D eigenvalue weighted by atomic mass is 35.5. The second-order valence-corrected chi connectivity index (χ2v) is 8.63. The van der Waals surface area contributed by atoms with Crippen LogP contribution in [-0.4, -0.2) is 38.7 Å². The predicted molar refractivity (Wildman–Crippen MR) is 135 cm³/mol. The van der Waals surface area contributed by atoms with Gasteiger partial charge in [-0.2, -0.15) is 10.4 Å². The summed E-state index contributed by atoms with van der Waals surface area (Å²) in [5.74, 6) is 1.28. The van der Waals surface area contributed by atoms with Crippen molar-refractivity contribution in [1.29, 1.82) is 5.26 Å². The Hall–Kier alpha value is -3.90. The van der Waals surface area contributed by atoms with Gasteiger partial charge in [0.2, 0.25) is 13.4 Å². The Morgan fingerprint density at radius 2 is 2.12 bits per heavy atom. The zero-order chi connectivity index (χ0) is 23.7. The number of anilines is 3. The number of fused-ring (bicyclic) bond motifs is 1. The molecule has 4 heterocycles. The molecule has 0 bridgehead atoms. The second-order valence-electron chi connectivity index (χ2n) is 8.27. The lowest BCUT2D eigenvalue weighted by atomic mass is 9.82. The van der Waals surface area contributed by atoms with Crippen LogP contribution in [0.1, 0.15) is 22.3 Å². The van der Waals surface area contributed by atoms with E-state index in [0.29, 0.717) is 16.7 Å². The average molecular weight is 469 g/mol. The van der Waals surface area contributed by atoms with Crippen LogP contribution in [-0.2, 0) is 19.8 Å². The third kappa shape index (κ3) is 4.20. The summed E-state index contributed by atoms with van der Waals surface area (Å²) in [5, 5.41) is 17.9. The van der Waals surface area contributed by atoms with Crippen LogP contribution in [0.25, 0.3) is 11.3 Å². The fourth-order valence-electron chi connectivity index (χ4n) is 4.34. The maximum atomic E-state index is 9.98. The van der Waals surface area contributed by atoms with Crippen LogP contribution < -0.4 is 10.1 Å². The van der Waals surface area contributed by atoms with Gasteiger partial charge >= 0.3 is 0 Å². The van der Waals surface area contributed by atoms with Crippen molar-refractivity contribution in [3.8, 4) is 17.3 Å². The summed E-state index contributed by atoms with van der Waals surface area (Å²) in [5.41, 5.74) is 6.50. The Balaban J connectivity index is 1.44. The number of nitrogens with zero attached hydrogens (tertiary/aromatic N) is 7. The largest absolute Gasteiger partial charge is 0.416 e. The van der Waals surface area contributed by atoms with Crippen molar-refractivity contribution in [3.05, 3.63) is 76.3 Å². The fourth-order valence-corrected chi connectivity index (χ4v) is 4.55. The van der Waals surface area contributed by atoms with E-state index in [4.69, 9.17) is 16.6 Å². The molecule has 0 saturated heterocycles. The second kappa shape index (κ2) is 9.16. The van der Waals surface area contributed by atoms with Gasteiger partial charge in [0.1, 0.15) is 17.0 Å². The van der Waals surface area contributed by atoms with Crippen LogP contribution >= 0.6 is 11.6 Å². The van der Waals surface area contributed by atoms with Crippen molar-refractivity contribution in [2.45, 2.75) is 19.7 Å². The van der Waals surface area contributed by atoms with E-state index in [2.05, 4.69) is 37.3 Å². The molecule has 0 amide bonds. The van der Waals surface area contributed by atoms with Gasteiger partial charge in [0.15, 0.2) is 0 Å². The van der Waals surface area contributed by atoms with Gasteiger partial charge in [0, 0.05) is 43.3 Å². The number of nitrogens with one attached hydrogen (secondary N) is 1. The highest BCUT2D eigenvalue weighted by Crippen LogP contribution is 2.36. The van der Waals surface area contributed by atoms with Crippen LogP contribution in [0.5, 0.6) is 0 Å². The van der Waals surface area contributed by atoms with E-state index in [1.54, 1.807) is 23.3 Å². The number of benzene rings is 1. The van der Waals surface area contributed by atoms with E-state index < -0.39 is 0 Å². The number of hydrogen-bond donors (Lipinski definition) is 1. The van der Waals surface area contributed by atoms with Crippen molar-refractivity contribution in [1.82, 2.24) is 24.7 Å². The molecular formula is C24H22BClN8. The summed E-state index contributed by atoms with van der Waals surface area (Å²) in [6.07, 6.45) is 6.85. The third-order valence-corrected chi connectivity index (χ3v) is 6.41. The summed E-state index contributed by atoms with van der Waals surface area (Å²) in [6, 6.07) is 12.2. The van der Waals surface area contributed by atoms with E-state index >= 15 is 0 Å². The molecule has 0 atom stereocenters. The van der Waals surface area contributed by atoms with Gasteiger partial charge in [-0.3, -0.25) is 4.68 Å². The van der Waals surface area contributed by atoms with Gasteiger partial charge in [0.25, 0.3) is 0 Å². The molecule has 0 saturated carbocycles. The summed E-state index contributed by atoms with van der Waals surface area (Å²) >= 11 is 6.23. The van der Waals surface area contributed by atoms with Crippen molar-refractivity contribution in [2.24, 2.45) is 7.05 Å². The first-order valence-electron chi connectivity index (χ1n) is 11.0. The molecular weight excluding hydrogens is 447 g/mol. The zero-order valence-electron chi connectivity index (χ0n) is 19.0. The molecule has 0 aliphatic carbocycles. The highest BCUT2D eigenvalue weighted by Gasteiger charge is 2.25. The third-order valence-electron chi connectivity index (χ3n) is 6.07. The number of rotatable bonds is 6. The lowest BCUT2D eigenvalue weighted by Gasteiger charge is -2.20. The van der Waals surface area contributed by atoms with E-state index in [9.17, 15) is 5.26 Å². The Kier molecular flexibility index (Phi) is 5.91. The molecule has 0 radical (unpaired) electrons. The maximum Gasteiger partial charge on any atom is 0.240 e. The van der Waals surface area contributed by atoms with Crippen LogP contribution in [0.15, 0.2) is 48.9 Å². The molecule has 0 fully saturated rings. The van der Waals surface area contributed by atoms with Crippen molar-refractivity contribution in [2.75, 3.05) is 16.7 Å². The van der Waals surface area contributed by atoms with Gasteiger partial charge in [-0.15, -0.1) is 0 Å². The van der Waals surface area contributed by atoms with E-state index in [-0.39, 0.29) is 0 Å². The number of nitriles is 1. The molecule has 1 N–H and O–H groups in total. The minimum absolute atomic E-state index is 0.484. The molecule has 10 heteroatoms. The maximum absolute atomic E-state index is 9.98. The van der Waals surface area contributed by atoms with Gasteiger partial charge in [-0.05, 0) is 54.6 Å². The first-order valence-corrected chi connectivity index (χ1v) is 11.4. The molecule has 1 aromatic carbocycles. The first-order chi connectivity index (χ1) is 16.5. The van der Waals surface area contributed by atoms with E-state index in [1.165, 1.54) is 0 Å². The Morgan fingerprint density at radius 3 is 2.88 bits per heavy atom. The standard InChI is InChI=1S/C24H22BClN8/c1-15-14-29-24(31-20-5-8-30-33(20)2)32-21(15)18-10-16-6-9-34(22(16)19(11-18)13-27)25-12-17-4-3-7-28-23(17)26/h3-5,7-8,10-11,14,25H,6,9,12H2,1-2H3,(H,29,31,32). The van der Waals surface area contributed by atoms with Crippen LogP contribution in [0.3, 0.4) is 0 Å². The SMILES string of the molecule is Cc1cnc(Nc2ccnn2C)nc1-c1cc(C#N)c2c(c1)CCN2BCc1cccnc1Cl. The Bertz CT molecular complexity index is 1410. The van der Waals surface area contributed by atoms with Gasteiger partial charge in [-0.25, -0.2) is 15.0 Å². The first kappa shape index (κ1) is 21.9. The summed E-state index contributed by atoms with van der Waals surface area (Å²) < 4.78 is 1.72. The average Bonchev–Trinajstić information content (AvgIpc) is 3.45. The molecule has 3 aromatic heterocycles. The van der Waals surface area contributed by atoms with E-state index in [1.807, 2.05) is 38.2 Å². The highest BCUT2D eigenvalue weighted by molar-refractivity contribution is 6.42. The van der Waals surface area contributed by atoms with Crippen molar-refractivity contribution in [3.63, 3.8) is 0 Å². The van der Waals surface area contributed by atoms with Gasteiger partial charge in [0.05, 0.1) is 17.5 Å². The number of aromatic nitrogens is 5. The van der Waals surface area contributed by atoms with Crippen LogP contribution in [0.2, 0.25) is 5.15 Å². The minimum atomic E-state index is 0.484. The number of aryl methyl sites for hydroxylation is 2. The molecule has 8 nitrogen and oxygen atoms in total. The number of pyridine rings is 1. The normalized spacial score (nSPS) is 12.4. The van der Waals surface area contributed by atoms with Crippen molar-refractivity contribution >= 4 is 36.5 Å². The van der Waals surface area contributed by atoms with E-state index in [0.717, 1.165) is 66.2 Å². The number of halogens is 1. The summed E-state index contributed by atoms with van der Waals surface area (Å²) in [4.78, 5) is 15.6. The molecule has 168 valence electrons. The lowest BCUT2D eigenvalue weighted by Crippen LogP contribution is -2.28. The van der Waals surface area contributed by atoms with Crippen LogP contribution in [0, 0.1) is 18.3 Å². The fraction of sp³-hybridized carbons (Fsp3) is 0.208. The van der Waals surface area contributed by atoms with Crippen molar-refractivity contribution < 1.29 is 0 Å². The summed E-state index contributed by atoms with van der Waals surface area (Å²) in [7, 11) is 2.63. The molecule has 1 aliphatic rings. The molecule has 34 heavy (non-hydrogen) atoms. The monoisotopic (exact) mass is 468 g/mol. The van der Waals surface area contributed by atoms with Gasteiger partial charge < -0.3 is 10.1 Å². The Labute approximate surface area is 203 Å². The summed E-state index contributed by atoms with van der Waals surface area (Å²) in [6.45, 7) is 2.84. The quantitative estimate of drug-likeness (QED) is 0.340. The molecule has 0 spiro atoms. The smallest absolute Gasteiger partial charge is 0.240 e. The topological polar surface area (TPSA) is 95.5 Å². The van der Waals surface area contributed by atoms with Gasteiger partial charge in [-0.1, -0.05) is 17.7 Å². The minimum Gasteiger partial charge on any atom is -0.416 e. The molecule has 4 aromatic rings. The number of hydrogen-bond acceptors (Lipinski definition) is 7. The molecule has 5 rings (SSSR count). The molecule has 0 unspecified atom stereocenters. The molecule has 1 aliphatic heterocycles. The van der Waals surface area contributed by atoms with Crippen LogP contribution in [0.4, 0.5) is 17.5 Å².